The lowest BCUT2D eigenvalue weighted by molar-refractivity contribution is 0.0927. The maximum absolute atomic E-state index is 12.1. The topological polar surface area (TPSA) is 68.0 Å². The summed E-state index contributed by atoms with van der Waals surface area (Å²) in [6.45, 7) is 2.06. The molecule has 4 nitrogen and oxygen atoms in total. The van der Waals surface area contributed by atoms with Crippen LogP contribution in [0.2, 0.25) is 5.15 Å². The molecule has 1 fully saturated rings. The summed E-state index contributed by atoms with van der Waals surface area (Å²) in [6.07, 6.45) is 4.92. The molecule has 3 N–H and O–H groups in total. The van der Waals surface area contributed by atoms with Crippen molar-refractivity contribution in [1.82, 2.24) is 10.3 Å². The number of rotatable bonds is 3. The zero-order valence-electron chi connectivity index (χ0n) is 10.4. The highest BCUT2D eigenvalue weighted by Gasteiger charge is 2.23. The van der Waals surface area contributed by atoms with Crippen LogP contribution in [0.15, 0.2) is 12.1 Å². The Balaban J connectivity index is 2.02. The van der Waals surface area contributed by atoms with Crippen LogP contribution >= 0.6 is 11.6 Å². The van der Waals surface area contributed by atoms with E-state index in [0.29, 0.717) is 11.5 Å². The van der Waals surface area contributed by atoms with Crippen molar-refractivity contribution in [3.8, 4) is 0 Å². The van der Waals surface area contributed by atoms with E-state index in [1.54, 1.807) is 6.07 Å². The summed E-state index contributed by atoms with van der Waals surface area (Å²) in [6, 6.07) is 3.27. The van der Waals surface area contributed by atoms with Gasteiger partial charge in [0, 0.05) is 11.6 Å². The van der Waals surface area contributed by atoms with Crippen LogP contribution in [0, 0.1) is 5.92 Å². The van der Waals surface area contributed by atoms with Crippen molar-refractivity contribution in [3.05, 3.63) is 22.8 Å². The van der Waals surface area contributed by atoms with E-state index in [0.717, 1.165) is 0 Å². The van der Waals surface area contributed by atoms with Gasteiger partial charge in [0.1, 0.15) is 11.0 Å². The molecule has 0 saturated heterocycles. The van der Waals surface area contributed by atoms with Gasteiger partial charge in [-0.2, -0.15) is 0 Å². The highest BCUT2D eigenvalue weighted by atomic mass is 35.5. The van der Waals surface area contributed by atoms with Crippen molar-refractivity contribution >= 4 is 23.3 Å². The van der Waals surface area contributed by atoms with Gasteiger partial charge in [-0.3, -0.25) is 4.79 Å². The molecule has 2 rings (SSSR count). The third-order valence-corrected chi connectivity index (χ3v) is 3.74. The van der Waals surface area contributed by atoms with Crippen LogP contribution in [-0.2, 0) is 0 Å². The van der Waals surface area contributed by atoms with Crippen LogP contribution in [0.1, 0.15) is 43.0 Å². The minimum atomic E-state index is -0.134. The number of nitrogens with zero attached hydrogens (tertiary/aromatic N) is 1. The largest absolute Gasteiger partial charge is 0.384 e. The van der Waals surface area contributed by atoms with Gasteiger partial charge < -0.3 is 11.1 Å². The Bertz CT molecular complexity index is 424. The Labute approximate surface area is 112 Å². The fourth-order valence-electron chi connectivity index (χ4n) is 2.51. The van der Waals surface area contributed by atoms with E-state index in [-0.39, 0.29) is 22.9 Å². The molecule has 1 aliphatic rings. The second-order valence-electron chi connectivity index (χ2n) is 4.91. The Hall–Kier alpha value is -1.29. The molecule has 1 heterocycles. The lowest BCUT2D eigenvalue weighted by atomic mass is 9.99. The Morgan fingerprint density at radius 3 is 2.78 bits per heavy atom. The number of hydrogen-bond acceptors (Lipinski definition) is 3. The Morgan fingerprint density at radius 1 is 1.50 bits per heavy atom. The van der Waals surface area contributed by atoms with Gasteiger partial charge in [0.25, 0.3) is 5.91 Å². The zero-order valence-corrected chi connectivity index (χ0v) is 11.2. The second kappa shape index (κ2) is 5.57. The minimum absolute atomic E-state index is 0.134. The number of hydrogen-bond donors (Lipinski definition) is 2. The summed E-state index contributed by atoms with van der Waals surface area (Å²) in [5.41, 5.74) is 6.04. The fourth-order valence-corrected chi connectivity index (χ4v) is 2.73. The van der Waals surface area contributed by atoms with Gasteiger partial charge in [-0.25, -0.2) is 4.98 Å². The van der Waals surface area contributed by atoms with E-state index in [9.17, 15) is 4.79 Å². The smallest absolute Gasteiger partial charge is 0.251 e. The van der Waals surface area contributed by atoms with Crippen molar-refractivity contribution in [2.45, 2.75) is 38.6 Å². The number of nitrogens with one attached hydrogen (secondary N) is 1. The van der Waals surface area contributed by atoms with Gasteiger partial charge in [-0.05, 0) is 37.8 Å². The van der Waals surface area contributed by atoms with Crippen LogP contribution in [0.5, 0.6) is 0 Å². The first-order valence-corrected chi connectivity index (χ1v) is 6.68. The summed E-state index contributed by atoms with van der Waals surface area (Å²) in [5, 5.41) is 3.26. The number of carbonyl (C=O) groups is 1. The first kappa shape index (κ1) is 13.1. The van der Waals surface area contributed by atoms with Crippen molar-refractivity contribution in [1.29, 1.82) is 0 Å². The maximum atomic E-state index is 12.1. The summed E-state index contributed by atoms with van der Waals surface area (Å²) >= 11 is 5.79. The monoisotopic (exact) mass is 267 g/mol. The molecular formula is C13H18ClN3O. The maximum Gasteiger partial charge on any atom is 0.251 e. The van der Waals surface area contributed by atoms with Crippen molar-refractivity contribution < 1.29 is 4.79 Å². The quantitative estimate of drug-likeness (QED) is 0.828. The standard InChI is InChI=1S/C13H18ClN3O/c1-8(9-4-2-3-5-9)16-13(18)10-6-11(14)17-12(15)7-10/h6-9H,2-5H2,1H3,(H2,15,17)(H,16,18)/t8-/m1/s1. The molecule has 0 spiro atoms. The van der Waals surface area contributed by atoms with Crippen LogP contribution in [-0.4, -0.2) is 16.9 Å². The normalized spacial score (nSPS) is 17.7. The summed E-state index contributed by atoms with van der Waals surface area (Å²) < 4.78 is 0. The molecule has 0 radical (unpaired) electrons. The molecule has 5 heteroatoms. The minimum Gasteiger partial charge on any atom is -0.384 e. The summed E-state index contributed by atoms with van der Waals surface area (Å²) in [7, 11) is 0. The van der Waals surface area contributed by atoms with Gasteiger partial charge in [-0.15, -0.1) is 0 Å². The molecule has 1 saturated carbocycles. The first-order chi connectivity index (χ1) is 8.56. The van der Waals surface area contributed by atoms with Gasteiger partial charge in [-0.1, -0.05) is 24.4 Å². The molecule has 1 atom stereocenters. The molecule has 1 aromatic heterocycles. The highest BCUT2D eigenvalue weighted by Crippen LogP contribution is 2.27. The molecule has 0 unspecified atom stereocenters. The average Bonchev–Trinajstić information content (AvgIpc) is 2.80. The lowest BCUT2D eigenvalue weighted by Gasteiger charge is -2.20. The number of aromatic nitrogens is 1. The van der Waals surface area contributed by atoms with Crippen molar-refractivity contribution in [3.63, 3.8) is 0 Å². The molecule has 0 bridgehead atoms. The predicted octanol–water partition coefficient (Wildman–Crippen LogP) is 2.63. The van der Waals surface area contributed by atoms with E-state index >= 15 is 0 Å². The van der Waals surface area contributed by atoms with Crippen LogP contribution in [0.3, 0.4) is 0 Å². The van der Waals surface area contributed by atoms with E-state index < -0.39 is 0 Å². The second-order valence-corrected chi connectivity index (χ2v) is 5.30. The van der Waals surface area contributed by atoms with Crippen molar-refractivity contribution in [2.75, 3.05) is 5.73 Å². The van der Waals surface area contributed by atoms with E-state index in [1.165, 1.54) is 31.7 Å². The highest BCUT2D eigenvalue weighted by molar-refractivity contribution is 6.29. The number of anilines is 1. The van der Waals surface area contributed by atoms with E-state index in [1.807, 2.05) is 0 Å². The van der Waals surface area contributed by atoms with Crippen LogP contribution < -0.4 is 11.1 Å². The van der Waals surface area contributed by atoms with Gasteiger partial charge in [0.2, 0.25) is 0 Å². The average molecular weight is 268 g/mol. The number of halogens is 1. The SMILES string of the molecule is C[C@@H](NC(=O)c1cc(N)nc(Cl)c1)C1CCCC1. The van der Waals surface area contributed by atoms with Gasteiger partial charge in [0.15, 0.2) is 0 Å². The van der Waals surface area contributed by atoms with E-state index in [4.69, 9.17) is 17.3 Å². The molecule has 98 valence electrons. The number of amides is 1. The molecule has 0 aromatic carbocycles. The molecule has 1 aromatic rings. The first-order valence-electron chi connectivity index (χ1n) is 6.30. The molecule has 0 aliphatic heterocycles. The fraction of sp³-hybridized carbons (Fsp3) is 0.538. The molecule has 1 aliphatic carbocycles. The van der Waals surface area contributed by atoms with Crippen molar-refractivity contribution in [2.24, 2.45) is 5.92 Å². The van der Waals surface area contributed by atoms with Gasteiger partial charge >= 0.3 is 0 Å². The lowest BCUT2D eigenvalue weighted by Crippen LogP contribution is -2.37. The zero-order chi connectivity index (χ0) is 13.1. The summed E-state index contributed by atoms with van der Waals surface area (Å²) in [5.74, 6) is 0.718. The van der Waals surface area contributed by atoms with Crippen LogP contribution in [0.25, 0.3) is 0 Å². The number of nitrogen functional groups attached to an aromatic ring is 1. The number of pyridine rings is 1. The molecule has 1 amide bonds. The molecule has 18 heavy (non-hydrogen) atoms. The Morgan fingerprint density at radius 2 is 2.17 bits per heavy atom. The third kappa shape index (κ3) is 3.13. The van der Waals surface area contributed by atoms with E-state index in [2.05, 4.69) is 17.2 Å². The van der Waals surface area contributed by atoms with Crippen LogP contribution in [0.4, 0.5) is 5.82 Å². The summed E-state index contributed by atoms with van der Waals surface area (Å²) in [4.78, 5) is 15.9. The Kier molecular flexibility index (Phi) is 4.07. The number of carbonyl (C=O) groups excluding carboxylic acids is 1. The predicted molar refractivity (Wildman–Crippen MR) is 72.5 cm³/mol. The van der Waals surface area contributed by atoms with Gasteiger partial charge in [0.05, 0.1) is 0 Å². The number of nitrogens with two attached hydrogens (primary N) is 1. The third-order valence-electron chi connectivity index (χ3n) is 3.54. The molecular weight excluding hydrogens is 250 g/mol.